The van der Waals surface area contributed by atoms with Gasteiger partial charge in [0.2, 0.25) is 0 Å². The molecule has 0 aliphatic rings. The maximum atomic E-state index is 13.5. The van der Waals surface area contributed by atoms with Gasteiger partial charge in [0.05, 0.1) is 4.47 Å². The topological polar surface area (TPSA) is 49.8 Å². The van der Waals surface area contributed by atoms with Crippen molar-refractivity contribution in [2.45, 2.75) is 19.8 Å². The molecule has 0 fully saturated rings. The van der Waals surface area contributed by atoms with E-state index in [-0.39, 0.29) is 5.82 Å². The second kappa shape index (κ2) is 6.65. The molecule has 0 aliphatic heterocycles. The lowest BCUT2D eigenvalue weighted by Gasteiger charge is -2.13. The zero-order valence-electron chi connectivity index (χ0n) is 11.4. The fraction of sp³-hybridized carbons (Fsp3) is 0.286. The SMILES string of the molecule is CCCc1c(NC)ncnc1Nc1ccc(Br)c(F)c1. The number of nitrogens with zero attached hydrogens (tertiary/aromatic N) is 2. The van der Waals surface area contributed by atoms with Crippen LogP contribution in [-0.4, -0.2) is 17.0 Å². The van der Waals surface area contributed by atoms with Crippen LogP contribution in [0, 0.1) is 5.82 Å². The molecule has 2 N–H and O–H groups in total. The second-order valence-electron chi connectivity index (χ2n) is 4.30. The van der Waals surface area contributed by atoms with Gasteiger partial charge in [0.15, 0.2) is 0 Å². The molecule has 2 rings (SSSR count). The number of benzene rings is 1. The quantitative estimate of drug-likeness (QED) is 0.861. The number of hydrogen-bond donors (Lipinski definition) is 2. The summed E-state index contributed by atoms with van der Waals surface area (Å²) in [6.45, 7) is 2.09. The fourth-order valence-electron chi connectivity index (χ4n) is 1.93. The Hall–Kier alpha value is -1.69. The summed E-state index contributed by atoms with van der Waals surface area (Å²) in [6, 6.07) is 4.89. The van der Waals surface area contributed by atoms with Crippen LogP contribution in [0.1, 0.15) is 18.9 Å². The highest BCUT2D eigenvalue weighted by Crippen LogP contribution is 2.26. The van der Waals surface area contributed by atoms with Crippen LogP contribution < -0.4 is 10.6 Å². The number of hydrogen-bond acceptors (Lipinski definition) is 4. The number of nitrogens with one attached hydrogen (secondary N) is 2. The number of aromatic nitrogens is 2. The standard InChI is InChI=1S/C14H16BrFN4/c1-3-4-10-13(17-2)18-8-19-14(10)20-9-5-6-11(15)12(16)7-9/h5-8H,3-4H2,1-2H3,(H2,17,18,19,20). The summed E-state index contributed by atoms with van der Waals surface area (Å²) in [5, 5.41) is 6.20. The Morgan fingerprint density at radius 1 is 1.25 bits per heavy atom. The lowest BCUT2D eigenvalue weighted by atomic mass is 10.1. The molecule has 0 saturated carbocycles. The summed E-state index contributed by atoms with van der Waals surface area (Å²) in [5.41, 5.74) is 1.66. The average Bonchev–Trinajstić information content (AvgIpc) is 2.45. The number of anilines is 3. The molecule has 0 bridgehead atoms. The first-order chi connectivity index (χ1) is 9.65. The summed E-state index contributed by atoms with van der Waals surface area (Å²) in [4.78, 5) is 8.46. The minimum Gasteiger partial charge on any atom is -0.373 e. The van der Waals surface area contributed by atoms with Crippen molar-refractivity contribution >= 4 is 33.3 Å². The van der Waals surface area contributed by atoms with Gasteiger partial charge in [-0.1, -0.05) is 13.3 Å². The van der Waals surface area contributed by atoms with E-state index in [4.69, 9.17) is 0 Å². The normalized spacial score (nSPS) is 10.4. The Kier molecular flexibility index (Phi) is 4.89. The van der Waals surface area contributed by atoms with Gasteiger partial charge >= 0.3 is 0 Å². The second-order valence-corrected chi connectivity index (χ2v) is 5.16. The molecule has 1 heterocycles. The molecule has 0 unspecified atom stereocenters. The molecular formula is C14H16BrFN4. The minimum atomic E-state index is -0.310. The number of rotatable bonds is 5. The highest BCUT2D eigenvalue weighted by molar-refractivity contribution is 9.10. The molecule has 0 radical (unpaired) electrons. The van der Waals surface area contributed by atoms with Gasteiger partial charge in [0.1, 0.15) is 23.8 Å². The molecule has 2 aromatic rings. The van der Waals surface area contributed by atoms with Crippen LogP contribution in [0.4, 0.5) is 21.7 Å². The van der Waals surface area contributed by atoms with Crippen LogP contribution in [0.3, 0.4) is 0 Å². The molecule has 0 atom stereocenters. The van der Waals surface area contributed by atoms with Crippen molar-refractivity contribution in [3.05, 3.63) is 40.4 Å². The van der Waals surface area contributed by atoms with E-state index in [9.17, 15) is 4.39 Å². The molecule has 1 aromatic carbocycles. The first kappa shape index (κ1) is 14.7. The van der Waals surface area contributed by atoms with Crippen LogP contribution in [0.15, 0.2) is 29.0 Å². The maximum absolute atomic E-state index is 13.5. The van der Waals surface area contributed by atoms with Crippen molar-refractivity contribution in [1.29, 1.82) is 0 Å². The van der Waals surface area contributed by atoms with Crippen LogP contribution in [0.5, 0.6) is 0 Å². The van der Waals surface area contributed by atoms with Gasteiger partial charge in [-0.05, 0) is 40.5 Å². The van der Waals surface area contributed by atoms with Gasteiger partial charge in [0.25, 0.3) is 0 Å². The van der Waals surface area contributed by atoms with Crippen LogP contribution in [-0.2, 0) is 6.42 Å². The highest BCUT2D eigenvalue weighted by atomic mass is 79.9. The van der Waals surface area contributed by atoms with E-state index >= 15 is 0 Å². The summed E-state index contributed by atoms with van der Waals surface area (Å²) in [7, 11) is 1.82. The van der Waals surface area contributed by atoms with Crippen molar-refractivity contribution < 1.29 is 4.39 Å². The monoisotopic (exact) mass is 338 g/mol. The summed E-state index contributed by atoms with van der Waals surface area (Å²) < 4.78 is 14.0. The van der Waals surface area contributed by atoms with E-state index in [1.807, 2.05) is 7.05 Å². The van der Waals surface area contributed by atoms with Crippen molar-refractivity contribution in [2.24, 2.45) is 0 Å². The predicted molar refractivity (Wildman–Crippen MR) is 83.0 cm³/mol. The smallest absolute Gasteiger partial charge is 0.139 e. The lowest BCUT2D eigenvalue weighted by Crippen LogP contribution is -2.05. The van der Waals surface area contributed by atoms with Crippen molar-refractivity contribution in [3.63, 3.8) is 0 Å². The predicted octanol–water partition coefficient (Wildman–Crippen LogP) is 4.12. The molecule has 20 heavy (non-hydrogen) atoms. The molecular weight excluding hydrogens is 323 g/mol. The lowest BCUT2D eigenvalue weighted by molar-refractivity contribution is 0.622. The van der Waals surface area contributed by atoms with Gasteiger partial charge < -0.3 is 10.6 Å². The van der Waals surface area contributed by atoms with Crippen LogP contribution in [0.2, 0.25) is 0 Å². The largest absolute Gasteiger partial charge is 0.373 e. The first-order valence-corrected chi connectivity index (χ1v) is 7.18. The van der Waals surface area contributed by atoms with E-state index in [0.29, 0.717) is 16.0 Å². The Morgan fingerprint density at radius 2 is 2.00 bits per heavy atom. The van der Waals surface area contributed by atoms with Gasteiger partial charge in [-0.25, -0.2) is 14.4 Å². The molecule has 106 valence electrons. The molecule has 4 nitrogen and oxygen atoms in total. The first-order valence-electron chi connectivity index (χ1n) is 6.39. The molecule has 0 amide bonds. The van der Waals surface area contributed by atoms with Gasteiger partial charge in [-0.15, -0.1) is 0 Å². The van der Waals surface area contributed by atoms with Gasteiger partial charge in [-0.2, -0.15) is 0 Å². The van der Waals surface area contributed by atoms with Crippen molar-refractivity contribution in [3.8, 4) is 0 Å². The van der Waals surface area contributed by atoms with Gasteiger partial charge in [-0.3, -0.25) is 0 Å². The summed E-state index contributed by atoms with van der Waals surface area (Å²) in [5.74, 6) is 1.18. The Morgan fingerprint density at radius 3 is 2.65 bits per heavy atom. The molecule has 0 spiro atoms. The summed E-state index contributed by atoms with van der Waals surface area (Å²) >= 11 is 3.14. The summed E-state index contributed by atoms with van der Waals surface area (Å²) in [6.07, 6.45) is 3.31. The Bertz CT molecular complexity index is 604. The fourth-order valence-corrected chi connectivity index (χ4v) is 2.18. The van der Waals surface area contributed by atoms with E-state index in [0.717, 1.165) is 24.2 Å². The minimum absolute atomic E-state index is 0.310. The molecule has 0 aliphatic carbocycles. The number of halogens is 2. The van der Waals surface area contributed by atoms with E-state index in [1.165, 1.54) is 12.4 Å². The highest BCUT2D eigenvalue weighted by Gasteiger charge is 2.10. The van der Waals surface area contributed by atoms with Gasteiger partial charge in [0, 0.05) is 18.3 Å². The maximum Gasteiger partial charge on any atom is 0.139 e. The third-order valence-electron chi connectivity index (χ3n) is 2.86. The Labute approximate surface area is 126 Å². The molecule has 1 aromatic heterocycles. The van der Waals surface area contributed by atoms with Crippen molar-refractivity contribution in [2.75, 3.05) is 17.7 Å². The molecule has 0 saturated heterocycles. The van der Waals surface area contributed by atoms with E-state index < -0.39 is 0 Å². The third-order valence-corrected chi connectivity index (χ3v) is 3.51. The van der Waals surface area contributed by atoms with Crippen LogP contribution in [0.25, 0.3) is 0 Å². The van der Waals surface area contributed by atoms with Crippen LogP contribution >= 0.6 is 15.9 Å². The molecule has 6 heteroatoms. The average molecular weight is 339 g/mol. The third kappa shape index (κ3) is 3.25. The van der Waals surface area contributed by atoms with E-state index in [1.54, 1.807) is 12.1 Å². The zero-order chi connectivity index (χ0) is 14.5. The van der Waals surface area contributed by atoms with E-state index in [2.05, 4.69) is 43.5 Å². The van der Waals surface area contributed by atoms with Crippen molar-refractivity contribution in [1.82, 2.24) is 9.97 Å². The Balaban J connectivity index is 2.34. The zero-order valence-corrected chi connectivity index (χ0v) is 13.0.